The molecule has 0 aliphatic rings. The van der Waals surface area contributed by atoms with Gasteiger partial charge in [0.15, 0.2) is 0 Å². The number of nitrogens with one attached hydrogen (secondary N) is 1. The highest BCUT2D eigenvalue weighted by Gasteiger charge is 2.17. The van der Waals surface area contributed by atoms with Crippen LogP contribution < -0.4 is 11.2 Å². The monoisotopic (exact) mass is 354 g/mol. The zero-order chi connectivity index (χ0) is 18.6. The second-order valence-electron chi connectivity index (χ2n) is 6.29. The molecule has 4 heteroatoms. The van der Waals surface area contributed by atoms with Gasteiger partial charge in [0.2, 0.25) is 0 Å². The fourth-order valence-electron chi connectivity index (χ4n) is 3.17. The molecule has 1 aromatic heterocycles. The Hall–Kier alpha value is -3.66. The van der Waals surface area contributed by atoms with Crippen molar-refractivity contribution in [1.82, 2.24) is 9.55 Å². The summed E-state index contributed by atoms with van der Waals surface area (Å²) < 4.78 is 1.25. The van der Waals surface area contributed by atoms with Crippen LogP contribution in [0.1, 0.15) is 5.56 Å². The second kappa shape index (κ2) is 7.30. The maximum atomic E-state index is 13.3. The van der Waals surface area contributed by atoms with Gasteiger partial charge in [0.1, 0.15) is 0 Å². The number of aromatic amines is 1. The molecule has 0 bridgehead atoms. The van der Waals surface area contributed by atoms with E-state index in [2.05, 4.69) is 4.98 Å². The Balaban J connectivity index is 1.97. The van der Waals surface area contributed by atoms with Crippen molar-refractivity contribution in [2.24, 2.45) is 0 Å². The van der Waals surface area contributed by atoms with Gasteiger partial charge in [-0.15, -0.1) is 0 Å². The number of rotatable bonds is 4. The van der Waals surface area contributed by atoms with Crippen molar-refractivity contribution in [2.45, 2.75) is 6.54 Å². The third-order valence-electron chi connectivity index (χ3n) is 4.49. The van der Waals surface area contributed by atoms with E-state index in [1.807, 2.05) is 91.0 Å². The largest absolute Gasteiger partial charge is 0.329 e. The lowest BCUT2D eigenvalue weighted by atomic mass is 10.0. The number of nitrogens with zero attached hydrogens (tertiary/aromatic N) is 1. The Labute approximate surface area is 156 Å². The average Bonchev–Trinajstić information content (AvgIpc) is 2.73. The smallest absolute Gasteiger partial charge is 0.306 e. The van der Waals surface area contributed by atoms with Gasteiger partial charge in [-0.2, -0.15) is 0 Å². The van der Waals surface area contributed by atoms with Crippen molar-refractivity contribution in [3.63, 3.8) is 0 Å². The van der Waals surface area contributed by atoms with E-state index in [-0.39, 0.29) is 12.1 Å². The van der Waals surface area contributed by atoms with Crippen molar-refractivity contribution in [3.05, 3.63) is 117 Å². The van der Waals surface area contributed by atoms with Gasteiger partial charge < -0.3 is 4.98 Å². The molecule has 0 fully saturated rings. The highest BCUT2D eigenvalue weighted by molar-refractivity contribution is 5.79. The van der Waals surface area contributed by atoms with Gasteiger partial charge in [0.05, 0.1) is 17.8 Å². The molecule has 0 spiro atoms. The molecule has 0 radical (unpaired) electrons. The highest BCUT2D eigenvalue weighted by Crippen LogP contribution is 2.26. The third-order valence-corrected chi connectivity index (χ3v) is 4.49. The van der Waals surface area contributed by atoms with E-state index in [0.717, 1.165) is 16.7 Å². The topological polar surface area (TPSA) is 54.9 Å². The Bertz CT molecular complexity index is 1160. The van der Waals surface area contributed by atoms with Crippen molar-refractivity contribution in [2.75, 3.05) is 0 Å². The van der Waals surface area contributed by atoms with E-state index < -0.39 is 5.69 Å². The molecule has 27 heavy (non-hydrogen) atoms. The van der Waals surface area contributed by atoms with E-state index in [4.69, 9.17) is 0 Å². The number of hydrogen-bond donors (Lipinski definition) is 1. The maximum absolute atomic E-state index is 13.3. The zero-order valence-corrected chi connectivity index (χ0v) is 14.6. The van der Waals surface area contributed by atoms with E-state index in [0.29, 0.717) is 11.3 Å². The number of hydrogen-bond acceptors (Lipinski definition) is 2. The zero-order valence-electron chi connectivity index (χ0n) is 14.6. The summed E-state index contributed by atoms with van der Waals surface area (Å²) in [5.41, 5.74) is 2.81. The summed E-state index contributed by atoms with van der Waals surface area (Å²) in [4.78, 5) is 29.0. The highest BCUT2D eigenvalue weighted by atomic mass is 16.2. The van der Waals surface area contributed by atoms with Crippen molar-refractivity contribution in [3.8, 4) is 22.4 Å². The maximum Gasteiger partial charge on any atom is 0.329 e. The number of benzene rings is 3. The molecule has 0 aliphatic carbocycles. The first kappa shape index (κ1) is 16.8. The van der Waals surface area contributed by atoms with Crippen LogP contribution in [0.15, 0.2) is 101 Å². The minimum absolute atomic E-state index is 0.226. The Morgan fingerprint density at radius 2 is 1.19 bits per heavy atom. The van der Waals surface area contributed by atoms with Crippen molar-refractivity contribution in [1.29, 1.82) is 0 Å². The molecule has 4 nitrogen and oxygen atoms in total. The Kier molecular flexibility index (Phi) is 4.54. The first-order valence-electron chi connectivity index (χ1n) is 8.76. The molecule has 4 rings (SSSR count). The molecule has 1 N–H and O–H groups in total. The lowest BCUT2D eigenvalue weighted by molar-refractivity contribution is 0.703. The summed E-state index contributed by atoms with van der Waals surface area (Å²) in [7, 11) is 0. The summed E-state index contributed by atoms with van der Waals surface area (Å²) in [5.74, 6) is 0. The van der Waals surface area contributed by atoms with Crippen molar-refractivity contribution < 1.29 is 0 Å². The van der Waals surface area contributed by atoms with E-state index in [1.54, 1.807) is 0 Å². The van der Waals surface area contributed by atoms with E-state index in [1.165, 1.54) is 4.57 Å². The lowest BCUT2D eigenvalue weighted by Crippen LogP contribution is -2.37. The summed E-state index contributed by atoms with van der Waals surface area (Å²) in [6.07, 6.45) is 0. The molecular formula is C23H18N2O2. The van der Waals surface area contributed by atoms with Gasteiger partial charge in [-0.3, -0.25) is 9.36 Å². The summed E-state index contributed by atoms with van der Waals surface area (Å²) in [6, 6.07) is 28.4. The van der Waals surface area contributed by atoms with Crippen LogP contribution in [0.2, 0.25) is 0 Å². The second-order valence-corrected chi connectivity index (χ2v) is 6.29. The molecule has 1 heterocycles. The lowest BCUT2D eigenvalue weighted by Gasteiger charge is -2.13. The number of aromatic nitrogens is 2. The molecule has 3 aromatic carbocycles. The predicted molar refractivity (Wildman–Crippen MR) is 108 cm³/mol. The minimum atomic E-state index is -0.414. The molecule has 0 unspecified atom stereocenters. The molecule has 0 saturated carbocycles. The molecule has 0 aliphatic heterocycles. The van der Waals surface area contributed by atoms with Gasteiger partial charge in [0, 0.05) is 0 Å². The average molecular weight is 354 g/mol. The summed E-state index contributed by atoms with van der Waals surface area (Å²) in [6.45, 7) is 0.226. The van der Waals surface area contributed by atoms with Gasteiger partial charge in [0.25, 0.3) is 5.56 Å². The molecule has 0 saturated heterocycles. The van der Waals surface area contributed by atoms with Crippen LogP contribution in [0.25, 0.3) is 22.4 Å². The Morgan fingerprint density at radius 1 is 0.667 bits per heavy atom. The van der Waals surface area contributed by atoms with Crippen LogP contribution in [0.5, 0.6) is 0 Å². The first-order chi connectivity index (χ1) is 13.2. The van der Waals surface area contributed by atoms with Gasteiger partial charge in [-0.1, -0.05) is 91.0 Å². The van der Waals surface area contributed by atoms with Gasteiger partial charge >= 0.3 is 5.69 Å². The van der Waals surface area contributed by atoms with Crippen LogP contribution in [-0.4, -0.2) is 9.55 Å². The quantitative estimate of drug-likeness (QED) is 0.604. The van der Waals surface area contributed by atoms with Crippen molar-refractivity contribution >= 4 is 0 Å². The fourth-order valence-corrected chi connectivity index (χ4v) is 3.17. The minimum Gasteiger partial charge on any atom is -0.306 e. The van der Waals surface area contributed by atoms with Gasteiger partial charge in [-0.25, -0.2) is 4.79 Å². The standard InChI is InChI=1S/C23H18N2O2/c26-22-20(18-12-6-2-7-13-18)21(19-14-8-3-9-15-19)24-23(27)25(22)16-17-10-4-1-5-11-17/h1-15H,16H2,(H,24,27). The fraction of sp³-hybridized carbons (Fsp3) is 0.0435. The van der Waals surface area contributed by atoms with Gasteiger partial charge in [-0.05, 0) is 16.7 Å². The summed E-state index contributed by atoms with van der Waals surface area (Å²) >= 11 is 0. The molecular weight excluding hydrogens is 336 g/mol. The first-order valence-corrected chi connectivity index (χ1v) is 8.76. The molecule has 0 atom stereocenters. The normalized spacial score (nSPS) is 10.7. The molecule has 4 aromatic rings. The van der Waals surface area contributed by atoms with E-state index in [9.17, 15) is 9.59 Å². The summed E-state index contributed by atoms with van der Waals surface area (Å²) in [5, 5.41) is 0. The van der Waals surface area contributed by atoms with Crippen LogP contribution in [0.3, 0.4) is 0 Å². The Morgan fingerprint density at radius 3 is 1.78 bits per heavy atom. The van der Waals surface area contributed by atoms with Crippen LogP contribution in [0.4, 0.5) is 0 Å². The van der Waals surface area contributed by atoms with Crippen LogP contribution in [0, 0.1) is 0 Å². The SMILES string of the molecule is O=c1[nH]c(-c2ccccc2)c(-c2ccccc2)c(=O)n1Cc1ccccc1. The predicted octanol–water partition coefficient (Wildman–Crippen LogP) is 3.92. The van der Waals surface area contributed by atoms with E-state index >= 15 is 0 Å². The molecule has 132 valence electrons. The molecule has 0 amide bonds. The van der Waals surface area contributed by atoms with Crippen LogP contribution in [-0.2, 0) is 6.54 Å². The van der Waals surface area contributed by atoms with Crippen LogP contribution >= 0.6 is 0 Å². The third kappa shape index (κ3) is 3.37. The number of H-pyrrole nitrogens is 1.